The zero-order chi connectivity index (χ0) is 15.8. The Kier molecular flexibility index (Phi) is 5.27. The van der Waals surface area contributed by atoms with Gasteiger partial charge in [0.1, 0.15) is 0 Å². The fraction of sp³-hybridized carbons (Fsp3) is 0. The Balaban J connectivity index is 2.28. The summed E-state index contributed by atoms with van der Waals surface area (Å²) >= 11 is 11.2. The molecular formula is C11H7Br3N2O3S2. The summed E-state index contributed by atoms with van der Waals surface area (Å²) in [5.74, 6) is -0.312. The van der Waals surface area contributed by atoms with Gasteiger partial charge in [0.25, 0.3) is 5.91 Å². The Morgan fingerprint density at radius 1 is 1.19 bits per heavy atom. The Hall–Kier alpha value is -0.260. The number of amides is 1. The predicted molar refractivity (Wildman–Crippen MR) is 93.2 cm³/mol. The molecule has 21 heavy (non-hydrogen) atoms. The fourth-order valence-electron chi connectivity index (χ4n) is 1.46. The minimum absolute atomic E-state index is 0.0353. The van der Waals surface area contributed by atoms with E-state index in [0.29, 0.717) is 19.5 Å². The van der Waals surface area contributed by atoms with Crippen LogP contribution >= 0.6 is 59.1 Å². The van der Waals surface area contributed by atoms with Crippen molar-refractivity contribution in [2.24, 2.45) is 5.14 Å². The number of rotatable bonds is 3. The first-order valence-corrected chi connectivity index (χ1v) is 10.0. The second-order valence-corrected chi connectivity index (χ2v) is 10.0. The van der Waals surface area contributed by atoms with E-state index >= 15 is 0 Å². The molecule has 0 radical (unpaired) electrons. The molecule has 1 aromatic heterocycles. The smallest absolute Gasteiger partial charge is 0.257 e. The Labute approximate surface area is 150 Å². The maximum Gasteiger partial charge on any atom is 0.257 e. The van der Waals surface area contributed by atoms with E-state index in [-0.39, 0.29) is 10.8 Å². The summed E-state index contributed by atoms with van der Waals surface area (Å²) in [6, 6.07) is 5.82. The molecule has 0 aliphatic carbocycles. The largest absolute Gasteiger partial charge is 0.321 e. The van der Waals surface area contributed by atoms with E-state index in [1.54, 1.807) is 6.07 Å². The zero-order valence-electron chi connectivity index (χ0n) is 10.1. The number of carbonyl (C=O) groups is 1. The van der Waals surface area contributed by atoms with Crippen LogP contribution in [0.4, 0.5) is 5.69 Å². The molecule has 10 heteroatoms. The molecule has 1 amide bonds. The number of nitrogens with one attached hydrogen (secondary N) is 1. The highest BCUT2D eigenvalue weighted by atomic mass is 79.9. The monoisotopic (exact) mass is 516 g/mol. The molecular weight excluding hydrogens is 512 g/mol. The van der Waals surface area contributed by atoms with Crippen LogP contribution in [-0.2, 0) is 10.0 Å². The lowest BCUT2D eigenvalue weighted by molar-refractivity contribution is 0.102. The molecule has 112 valence electrons. The number of hydrogen-bond acceptors (Lipinski definition) is 4. The highest BCUT2D eigenvalue weighted by molar-refractivity contribution is 9.12. The minimum atomic E-state index is -3.78. The quantitative estimate of drug-likeness (QED) is 0.645. The van der Waals surface area contributed by atoms with Crippen LogP contribution < -0.4 is 10.5 Å². The van der Waals surface area contributed by atoms with Gasteiger partial charge in [-0.1, -0.05) is 0 Å². The number of nitrogens with two attached hydrogens (primary N) is 1. The number of hydrogen-bond donors (Lipinski definition) is 2. The molecule has 0 aliphatic rings. The Morgan fingerprint density at radius 2 is 1.86 bits per heavy atom. The molecule has 0 bridgehead atoms. The van der Waals surface area contributed by atoms with Gasteiger partial charge in [-0.3, -0.25) is 4.79 Å². The lowest BCUT2D eigenvalue weighted by atomic mass is 10.3. The first kappa shape index (κ1) is 17.1. The van der Waals surface area contributed by atoms with E-state index in [0.717, 1.165) is 3.79 Å². The molecule has 0 saturated carbocycles. The van der Waals surface area contributed by atoms with Gasteiger partial charge in [-0.25, -0.2) is 13.6 Å². The van der Waals surface area contributed by atoms with Crippen LogP contribution in [0.2, 0.25) is 0 Å². The topological polar surface area (TPSA) is 89.3 Å². The fourth-order valence-corrected chi connectivity index (χ4v) is 5.42. The van der Waals surface area contributed by atoms with Gasteiger partial charge in [0.2, 0.25) is 10.0 Å². The van der Waals surface area contributed by atoms with E-state index in [1.165, 1.54) is 29.5 Å². The van der Waals surface area contributed by atoms with Gasteiger partial charge in [0.15, 0.2) is 0 Å². The van der Waals surface area contributed by atoms with E-state index < -0.39 is 10.0 Å². The summed E-state index contributed by atoms with van der Waals surface area (Å²) in [6.07, 6.45) is 0. The van der Waals surface area contributed by atoms with Gasteiger partial charge in [-0.2, -0.15) is 0 Å². The van der Waals surface area contributed by atoms with Crippen molar-refractivity contribution in [3.63, 3.8) is 0 Å². The van der Waals surface area contributed by atoms with Gasteiger partial charge in [0, 0.05) is 4.47 Å². The van der Waals surface area contributed by atoms with E-state index in [4.69, 9.17) is 5.14 Å². The maximum atomic E-state index is 12.2. The number of thiophene rings is 1. The highest BCUT2D eigenvalue weighted by Gasteiger charge is 2.16. The summed E-state index contributed by atoms with van der Waals surface area (Å²) in [5.41, 5.74) is 0.927. The van der Waals surface area contributed by atoms with Crippen molar-refractivity contribution in [1.82, 2.24) is 0 Å². The van der Waals surface area contributed by atoms with Crippen molar-refractivity contribution in [2.75, 3.05) is 5.32 Å². The normalized spacial score (nSPS) is 11.4. The molecule has 0 fully saturated rings. The van der Waals surface area contributed by atoms with Crippen LogP contribution in [0.3, 0.4) is 0 Å². The molecule has 1 heterocycles. The Morgan fingerprint density at radius 3 is 2.33 bits per heavy atom. The van der Waals surface area contributed by atoms with Crippen LogP contribution in [-0.4, -0.2) is 14.3 Å². The van der Waals surface area contributed by atoms with E-state index in [1.807, 2.05) is 0 Å². The van der Waals surface area contributed by atoms with Gasteiger partial charge >= 0.3 is 0 Å². The second kappa shape index (κ2) is 6.47. The molecule has 2 aromatic rings. The third-order valence-electron chi connectivity index (χ3n) is 2.42. The first-order chi connectivity index (χ1) is 9.68. The van der Waals surface area contributed by atoms with Crippen molar-refractivity contribution >= 4 is 80.7 Å². The third kappa shape index (κ3) is 4.14. The zero-order valence-corrected chi connectivity index (χ0v) is 16.5. The van der Waals surface area contributed by atoms with Gasteiger partial charge in [0.05, 0.1) is 23.7 Å². The number of primary sulfonamides is 1. The Bertz CT molecular complexity index is 818. The maximum absolute atomic E-state index is 12.2. The van der Waals surface area contributed by atoms with Crippen molar-refractivity contribution in [3.05, 3.63) is 41.9 Å². The first-order valence-electron chi connectivity index (χ1n) is 5.27. The molecule has 1 aromatic carbocycles. The molecule has 3 N–H and O–H groups in total. The number of sulfonamides is 1. The summed E-state index contributed by atoms with van der Waals surface area (Å²) in [5, 5.41) is 7.74. The highest BCUT2D eigenvalue weighted by Crippen LogP contribution is 2.33. The third-order valence-corrected chi connectivity index (χ3v) is 6.32. The second-order valence-electron chi connectivity index (χ2n) is 3.88. The van der Waals surface area contributed by atoms with Crippen LogP contribution in [0.15, 0.2) is 41.2 Å². The average Bonchev–Trinajstić information content (AvgIpc) is 2.69. The summed E-state index contributed by atoms with van der Waals surface area (Å²) in [6.45, 7) is 0. The van der Waals surface area contributed by atoms with Crippen molar-refractivity contribution in [1.29, 1.82) is 0 Å². The molecule has 0 unspecified atom stereocenters. The molecule has 0 saturated heterocycles. The van der Waals surface area contributed by atoms with Crippen LogP contribution in [0.1, 0.15) is 10.4 Å². The SMILES string of the molecule is NS(=O)(=O)c1ccc(NC(=O)c2cc(Br)sc2Br)c(Br)c1. The van der Waals surface area contributed by atoms with E-state index in [2.05, 4.69) is 53.1 Å². The van der Waals surface area contributed by atoms with Crippen LogP contribution in [0.25, 0.3) is 0 Å². The van der Waals surface area contributed by atoms with Crippen molar-refractivity contribution in [3.8, 4) is 0 Å². The number of benzene rings is 1. The summed E-state index contributed by atoms with van der Waals surface area (Å²) < 4.78 is 24.4. The average molecular weight is 519 g/mol. The standard InChI is InChI=1S/C11H7Br3N2O3S2/c12-7-3-5(21(15,18)19)1-2-8(7)16-11(17)6-4-9(13)20-10(6)14/h1-4H,(H,16,17)(H2,15,18,19). The molecule has 0 atom stereocenters. The van der Waals surface area contributed by atoms with Crippen LogP contribution in [0.5, 0.6) is 0 Å². The molecule has 2 rings (SSSR count). The molecule has 0 spiro atoms. The summed E-state index contributed by atoms with van der Waals surface area (Å²) in [7, 11) is -3.78. The van der Waals surface area contributed by atoms with Crippen molar-refractivity contribution in [2.45, 2.75) is 4.90 Å². The summed E-state index contributed by atoms with van der Waals surface area (Å²) in [4.78, 5) is 12.1. The predicted octanol–water partition coefficient (Wildman–Crippen LogP) is 3.94. The van der Waals surface area contributed by atoms with E-state index in [9.17, 15) is 13.2 Å². The van der Waals surface area contributed by atoms with Crippen molar-refractivity contribution < 1.29 is 13.2 Å². The van der Waals surface area contributed by atoms with Gasteiger partial charge < -0.3 is 5.32 Å². The molecule has 5 nitrogen and oxygen atoms in total. The van der Waals surface area contributed by atoms with Gasteiger partial charge in [-0.15, -0.1) is 11.3 Å². The molecule has 0 aliphatic heterocycles. The lowest BCUT2D eigenvalue weighted by Crippen LogP contribution is -2.14. The minimum Gasteiger partial charge on any atom is -0.321 e. The number of anilines is 1. The lowest BCUT2D eigenvalue weighted by Gasteiger charge is -2.08. The van der Waals surface area contributed by atoms with Gasteiger partial charge in [-0.05, 0) is 72.1 Å². The van der Waals surface area contributed by atoms with Crippen LogP contribution in [0, 0.1) is 0 Å². The number of carbonyl (C=O) groups excluding carboxylic acids is 1. The number of halogens is 3.